The molecule has 3 aromatic rings. The van der Waals surface area contributed by atoms with Crippen molar-refractivity contribution in [1.82, 2.24) is 14.3 Å². The van der Waals surface area contributed by atoms with Crippen LogP contribution in [0.1, 0.15) is 30.9 Å². The molecular formula is C21H22ClN5O2S. The zero-order valence-electron chi connectivity index (χ0n) is 16.7. The normalized spacial score (nSPS) is 19.3. The van der Waals surface area contributed by atoms with Gasteiger partial charge in [-0.3, -0.25) is 4.98 Å². The number of aryl methyl sites for hydroxylation is 1. The van der Waals surface area contributed by atoms with Crippen LogP contribution in [0.15, 0.2) is 30.7 Å². The van der Waals surface area contributed by atoms with Crippen molar-refractivity contribution in [3.05, 3.63) is 52.7 Å². The van der Waals surface area contributed by atoms with Crippen LogP contribution in [0.2, 0.25) is 5.02 Å². The van der Waals surface area contributed by atoms with E-state index in [0.717, 1.165) is 34.9 Å². The number of anilines is 1. The number of benzene rings is 1. The molecule has 1 fully saturated rings. The number of nitrogens with two attached hydrogens (primary N) is 1. The maximum absolute atomic E-state index is 11.6. The Kier molecular flexibility index (Phi) is 5.22. The van der Waals surface area contributed by atoms with Crippen molar-refractivity contribution in [1.29, 1.82) is 0 Å². The van der Waals surface area contributed by atoms with Crippen molar-refractivity contribution < 1.29 is 8.42 Å². The highest BCUT2D eigenvalue weighted by molar-refractivity contribution is 7.88. The Bertz CT molecular complexity index is 1290. The minimum absolute atomic E-state index is 0.0906. The van der Waals surface area contributed by atoms with Crippen molar-refractivity contribution in [3.8, 4) is 11.1 Å². The monoisotopic (exact) mass is 443 g/mol. The van der Waals surface area contributed by atoms with Gasteiger partial charge in [-0.1, -0.05) is 11.6 Å². The molecule has 30 heavy (non-hydrogen) atoms. The van der Waals surface area contributed by atoms with Gasteiger partial charge in [-0.25, -0.2) is 18.0 Å². The van der Waals surface area contributed by atoms with Crippen LogP contribution >= 0.6 is 11.6 Å². The van der Waals surface area contributed by atoms with Gasteiger partial charge in [-0.15, -0.1) is 0 Å². The number of sulfonamides is 1. The Morgan fingerprint density at radius 3 is 2.77 bits per heavy atom. The van der Waals surface area contributed by atoms with Gasteiger partial charge < -0.3 is 10.3 Å². The number of hydrogen-bond donors (Lipinski definition) is 2. The Balaban J connectivity index is 1.86. The maximum atomic E-state index is 11.6. The molecule has 2 heterocycles. The van der Waals surface area contributed by atoms with Crippen LogP contribution in [0.4, 0.5) is 11.4 Å². The molecule has 0 unspecified atom stereocenters. The van der Waals surface area contributed by atoms with Crippen LogP contribution in [0.25, 0.3) is 26.9 Å². The average molecular weight is 444 g/mol. The summed E-state index contributed by atoms with van der Waals surface area (Å²) >= 11 is 6.49. The van der Waals surface area contributed by atoms with Gasteiger partial charge in [0.05, 0.1) is 29.7 Å². The summed E-state index contributed by atoms with van der Waals surface area (Å²) in [4.78, 5) is 7.84. The van der Waals surface area contributed by atoms with Crippen LogP contribution in [-0.2, 0) is 10.0 Å². The molecule has 0 amide bonds. The van der Waals surface area contributed by atoms with Crippen molar-refractivity contribution >= 4 is 43.9 Å². The van der Waals surface area contributed by atoms with E-state index in [1.807, 2.05) is 25.3 Å². The van der Waals surface area contributed by atoms with Gasteiger partial charge in [-0.2, -0.15) is 0 Å². The highest BCUT2D eigenvalue weighted by Crippen LogP contribution is 2.42. The lowest BCUT2D eigenvalue weighted by Gasteiger charge is -2.15. The number of nitrogens with one attached hydrogen (secondary N) is 1. The largest absolute Gasteiger partial charge is 0.396 e. The molecule has 1 aromatic carbocycles. The first-order chi connectivity index (χ1) is 14.2. The van der Waals surface area contributed by atoms with E-state index in [2.05, 4.69) is 19.1 Å². The molecule has 0 aliphatic heterocycles. The minimum atomic E-state index is -3.25. The SMILES string of the molecule is [C-]#[N+]c1cc2c(-c3cncc(N)c3Cl)cn([C@H]3CC[C@@H](NS(C)(=O)=O)C3)c2cc1C. The fraction of sp³-hybridized carbons (Fsp3) is 0.333. The highest BCUT2D eigenvalue weighted by atomic mass is 35.5. The Labute approximate surface area is 180 Å². The van der Waals surface area contributed by atoms with Crippen molar-refractivity contribution in [3.63, 3.8) is 0 Å². The lowest BCUT2D eigenvalue weighted by molar-refractivity contribution is 0.511. The van der Waals surface area contributed by atoms with E-state index in [0.29, 0.717) is 28.4 Å². The molecule has 0 bridgehead atoms. The molecule has 1 saturated carbocycles. The van der Waals surface area contributed by atoms with Crippen molar-refractivity contribution in [2.75, 3.05) is 12.0 Å². The second kappa shape index (κ2) is 7.58. The fourth-order valence-electron chi connectivity index (χ4n) is 4.29. The third-order valence-corrected chi connectivity index (χ3v) is 6.83. The molecule has 4 rings (SSSR count). The first-order valence-electron chi connectivity index (χ1n) is 9.57. The van der Waals surface area contributed by atoms with Crippen LogP contribution in [0.3, 0.4) is 0 Å². The van der Waals surface area contributed by atoms with Gasteiger partial charge >= 0.3 is 0 Å². The molecular weight excluding hydrogens is 422 g/mol. The molecule has 3 N–H and O–H groups in total. The molecule has 7 nitrogen and oxygen atoms in total. The predicted octanol–water partition coefficient (Wildman–Crippen LogP) is 4.44. The number of hydrogen-bond acceptors (Lipinski definition) is 4. The Morgan fingerprint density at radius 1 is 1.30 bits per heavy atom. The van der Waals surface area contributed by atoms with E-state index in [9.17, 15) is 8.42 Å². The summed E-state index contributed by atoms with van der Waals surface area (Å²) in [6.45, 7) is 9.41. The van der Waals surface area contributed by atoms with Gasteiger partial charge in [0.2, 0.25) is 10.0 Å². The lowest BCUT2D eigenvalue weighted by atomic mass is 10.0. The summed E-state index contributed by atoms with van der Waals surface area (Å²) in [5.41, 5.74) is 10.4. The molecule has 0 saturated heterocycles. The van der Waals surface area contributed by atoms with E-state index in [1.165, 1.54) is 12.5 Å². The summed E-state index contributed by atoms with van der Waals surface area (Å²) < 4.78 is 28.2. The van der Waals surface area contributed by atoms with Gasteiger partial charge in [0.15, 0.2) is 5.69 Å². The molecule has 1 aliphatic rings. The fourth-order valence-corrected chi connectivity index (χ4v) is 5.31. The van der Waals surface area contributed by atoms with Crippen LogP contribution in [0, 0.1) is 13.5 Å². The Hall–Kier alpha value is -2.60. The lowest BCUT2D eigenvalue weighted by Crippen LogP contribution is -2.32. The third-order valence-electron chi connectivity index (χ3n) is 5.65. The first-order valence-corrected chi connectivity index (χ1v) is 11.8. The van der Waals surface area contributed by atoms with Crippen LogP contribution in [0.5, 0.6) is 0 Å². The minimum Gasteiger partial charge on any atom is -0.396 e. The maximum Gasteiger partial charge on any atom is 0.208 e. The Morgan fingerprint density at radius 2 is 2.07 bits per heavy atom. The molecule has 2 aromatic heterocycles. The molecule has 2 atom stereocenters. The summed E-state index contributed by atoms with van der Waals surface area (Å²) in [5.74, 6) is 0. The second-order valence-corrected chi connectivity index (χ2v) is 10.0. The van der Waals surface area contributed by atoms with Crippen LogP contribution in [-0.4, -0.2) is 30.3 Å². The van der Waals surface area contributed by atoms with E-state index in [1.54, 1.807) is 6.20 Å². The number of rotatable bonds is 4. The van der Waals surface area contributed by atoms with E-state index < -0.39 is 10.0 Å². The quantitative estimate of drug-likeness (QED) is 0.583. The van der Waals surface area contributed by atoms with E-state index in [-0.39, 0.29) is 12.1 Å². The molecule has 1 aliphatic carbocycles. The summed E-state index contributed by atoms with van der Waals surface area (Å²) in [5, 5.41) is 1.33. The van der Waals surface area contributed by atoms with E-state index >= 15 is 0 Å². The molecule has 9 heteroatoms. The smallest absolute Gasteiger partial charge is 0.208 e. The van der Waals surface area contributed by atoms with Gasteiger partial charge in [0.25, 0.3) is 0 Å². The standard InChI is InChI=1S/C21H22ClN5O2S/c1-12-6-20-15(8-19(12)24-2)17(16-9-25-10-18(23)21(16)22)11-27(20)14-5-4-13(7-14)26-30(3,28)29/h6,8-11,13-14,26H,4-5,7,23H2,1,3H3/t13-,14+/m1/s1. The summed E-state index contributed by atoms with van der Waals surface area (Å²) in [6.07, 6.45) is 8.72. The number of pyridine rings is 1. The van der Waals surface area contributed by atoms with Gasteiger partial charge in [0.1, 0.15) is 0 Å². The number of fused-ring (bicyclic) bond motifs is 1. The topological polar surface area (TPSA) is 94.4 Å². The third kappa shape index (κ3) is 3.76. The van der Waals surface area contributed by atoms with Crippen molar-refractivity contribution in [2.45, 2.75) is 38.3 Å². The number of nitrogen functional groups attached to an aromatic ring is 1. The van der Waals surface area contributed by atoms with Crippen molar-refractivity contribution in [2.24, 2.45) is 0 Å². The number of nitrogens with zero attached hydrogens (tertiary/aromatic N) is 3. The van der Waals surface area contributed by atoms with Gasteiger partial charge in [0, 0.05) is 41.1 Å². The van der Waals surface area contributed by atoms with Crippen LogP contribution < -0.4 is 10.5 Å². The second-order valence-electron chi connectivity index (χ2n) is 7.86. The summed E-state index contributed by atoms with van der Waals surface area (Å²) in [7, 11) is -3.25. The zero-order valence-corrected chi connectivity index (χ0v) is 18.3. The molecule has 0 spiro atoms. The average Bonchev–Trinajstić information content (AvgIpc) is 3.26. The summed E-state index contributed by atoms with van der Waals surface area (Å²) in [6, 6.07) is 3.93. The highest BCUT2D eigenvalue weighted by Gasteiger charge is 2.29. The number of halogens is 1. The molecule has 0 radical (unpaired) electrons. The predicted molar refractivity (Wildman–Crippen MR) is 120 cm³/mol. The van der Waals surface area contributed by atoms with Gasteiger partial charge in [-0.05, 0) is 49.3 Å². The number of aromatic nitrogens is 2. The molecule has 156 valence electrons. The first kappa shape index (κ1) is 20.7. The van der Waals surface area contributed by atoms with E-state index in [4.69, 9.17) is 23.9 Å². The zero-order chi connectivity index (χ0) is 21.6.